The number of piperidine rings is 1. The van der Waals surface area contributed by atoms with Crippen molar-refractivity contribution >= 4 is 0 Å². The molecule has 0 unspecified atom stereocenters. The molecule has 0 aromatic rings. The Labute approximate surface area is 87.4 Å². The van der Waals surface area contributed by atoms with Crippen LogP contribution >= 0.6 is 0 Å². The molecule has 0 aliphatic carbocycles. The average molecular weight is 197 g/mol. The molecule has 2 aliphatic rings. The minimum atomic E-state index is 0.684. The van der Waals surface area contributed by atoms with Gasteiger partial charge in [-0.15, -0.1) is 0 Å². The van der Waals surface area contributed by atoms with Crippen molar-refractivity contribution in [2.45, 2.75) is 31.8 Å². The van der Waals surface area contributed by atoms with E-state index in [0.717, 1.165) is 6.04 Å². The van der Waals surface area contributed by atoms with Crippen LogP contribution in [0.5, 0.6) is 0 Å². The van der Waals surface area contributed by atoms with Gasteiger partial charge in [-0.05, 0) is 39.9 Å². The fourth-order valence-corrected chi connectivity index (χ4v) is 2.65. The molecule has 2 rings (SSSR count). The van der Waals surface area contributed by atoms with Gasteiger partial charge in [0.2, 0.25) is 0 Å². The van der Waals surface area contributed by atoms with Crippen LogP contribution in [0.3, 0.4) is 0 Å². The van der Waals surface area contributed by atoms with Crippen LogP contribution in [0.15, 0.2) is 0 Å². The molecule has 0 aromatic heterocycles. The monoisotopic (exact) mass is 197 g/mol. The van der Waals surface area contributed by atoms with Gasteiger partial charge in [0.25, 0.3) is 0 Å². The molecule has 1 N–H and O–H groups in total. The minimum Gasteiger partial charge on any atom is -0.312 e. The van der Waals surface area contributed by atoms with Gasteiger partial charge in [-0.2, -0.15) is 0 Å². The predicted octanol–water partition coefficient (Wildman–Crippen LogP) is 0.374. The van der Waals surface area contributed by atoms with Crippen molar-refractivity contribution in [2.24, 2.45) is 0 Å². The Balaban J connectivity index is 1.82. The summed E-state index contributed by atoms with van der Waals surface area (Å²) < 4.78 is 0. The van der Waals surface area contributed by atoms with E-state index in [1.54, 1.807) is 0 Å². The van der Waals surface area contributed by atoms with Gasteiger partial charge in [0.15, 0.2) is 0 Å². The van der Waals surface area contributed by atoms with Crippen LogP contribution in [0.2, 0.25) is 0 Å². The first-order chi connectivity index (χ1) is 6.75. The molecule has 3 nitrogen and oxygen atoms in total. The van der Waals surface area contributed by atoms with Crippen LogP contribution in [0, 0.1) is 0 Å². The lowest BCUT2D eigenvalue weighted by molar-refractivity contribution is 0.0950. The van der Waals surface area contributed by atoms with Crippen molar-refractivity contribution in [1.29, 1.82) is 0 Å². The maximum absolute atomic E-state index is 3.51. The second-order valence-corrected chi connectivity index (χ2v) is 4.88. The van der Waals surface area contributed by atoms with E-state index in [9.17, 15) is 0 Å². The van der Waals surface area contributed by atoms with Gasteiger partial charge in [0.1, 0.15) is 0 Å². The number of nitrogens with one attached hydrogen (secondary N) is 1. The van der Waals surface area contributed by atoms with Gasteiger partial charge in [-0.3, -0.25) is 4.90 Å². The molecule has 0 amide bonds. The molecule has 3 heteroatoms. The highest BCUT2D eigenvalue weighted by Gasteiger charge is 2.25. The van der Waals surface area contributed by atoms with E-state index in [0.29, 0.717) is 6.04 Å². The van der Waals surface area contributed by atoms with Crippen molar-refractivity contribution in [3.05, 3.63) is 0 Å². The topological polar surface area (TPSA) is 18.5 Å². The lowest BCUT2D eigenvalue weighted by Gasteiger charge is -2.41. The summed E-state index contributed by atoms with van der Waals surface area (Å²) >= 11 is 0. The number of hydrogen-bond acceptors (Lipinski definition) is 3. The molecule has 2 fully saturated rings. The Hall–Kier alpha value is -0.120. The van der Waals surface area contributed by atoms with E-state index >= 15 is 0 Å². The number of hydrogen-bond donors (Lipinski definition) is 1. The molecule has 1 atom stereocenters. The molecule has 82 valence electrons. The third kappa shape index (κ3) is 2.47. The Bertz CT molecular complexity index is 175. The fraction of sp³-hybridized carbons (Fsp3) is 1.00. The van der Waals surface area contributed by atoms with Crippen LogP contribution in [0.1, 0.15) is 19.8 Å². The van der Waals surface area contributed by atoms with Crippen molar-refractivity contribution in [1.82, 2.24) is 15.1 Å². The van der Waals surface area contributed by atoms with Gasteiger partial charge < -0.3 is 10.2 Å². The quantitative estimate of drug-likeness (QED) is 0.655. The highest BCUT2D eigenvalue weighted by Crippen LogP contribution is 2.16. The Morgan fingerprint density at radius 1 is 1.14 bits per heavy atom. The molecule has 2 heterocycles. The van der Waals surface area contributed by atoms with Crippen molar-refractivity contribution in [3.63, 3.8) is 0 Å². The fourth-order valence-electron chi connectivity index (χ4n) is 2.65. The van der Waals surface area contributed by atoms with Crippen LogP contribution in [0.4, 0.5) is 0 Å². The first-order valence-electron chi connectivity index (χ1n) is 5.91. The molecule has 0 saturated carbocycles. The molecule has 0 aromatic carbocycles. The summed E-state index contributed by atoms with van der Waals surface area (Å²) in [5.74, 6) is 0. The Morgan fingerprint density at radius 3 is 2.50 bits per heavy atom. The van der Waals surface area contributed by atoms with E-state index < -0.39 is 0 Å². The largest absolute Gasteiger partial charge is 0.312 e. The van der Waals surface area contributed by atoms with Gasteiger partial charge in [0, 0.05) is 31.7 Å². The molecule has 2 saturated heterocycles. The molecule has 0 bridgehead atoms. The first-order valence-corrected chi connectivity index (χ1v) is 5.91. The van der Waals surface area contributed by atoms with Gasteiger partial charge in [-0.25, -0.2) is 0 Å². The van der Waals surface area contributed by atoms with Crippen LogP contribution < -0.4 is 5.32 Å². The zero-order valence-electron chi connectivity index (χ0n) is 9.50. The summed E-state index contributed by atoms with van der Waals surface area (Å²) in [4.78, 5) is 5.14. The lowest BCUT2D eigenvalue weighted by atomic mass is 10.0. The maximum atomic E-state index is 3.51. The SMILES string of the molecule is C[C@H]1CN(C2CCN(C)CC2)CCN1. The van der Waals surface area contributed by atoms with Crippen LogP contribution in [-0.4, -0.2) is 61.7 Å². The maximum Gasteiger partial charge on any atom is 0.0167 e. The smallest absolute Gasteiger partial charge is 0.0167 e. The van der Waals surface area contributed by atoms with Gasteiger partial charge >= 0.3 is 0 Å². The minimum absolute atomic E-state index is 0.684. The Morgan fingerprint density at radius 2 is 1.86 bits per heavy atom. The van der Waals surface area contributed by atoms with Crippen LogP contribution in [0.25, 0.3) is 0 Å². The number of nitrogens with zero attached hydrogens (tertiary/aromatic N) is 2. The summed E-state index contributed by atoms with van der Waals surface area (Å²) in [6.07, 6.45) is 2.73. The van der Waals surface area contributed by atoms with E-state index in [2.05, 4.69) is 29.1 Å². The molecule has 0 radical (unpaired) electrons. The van der Waals surface area contributed by atoms with Gasteiger partial charge in [0.05, 0.1) is 0 Å². The van der Waals surface area contributed by atoms with Crippen molar-refractivity contribution in [2.75, 3.05) is 39.8 Å². The van der Waals surface area contributed by atoms with Gasteiger partial charge in [-0.1, -0.05) is 0 Å². The predicted molar refractivity (Wildman–Crippen MR) is 59.6 cm³/mol. The molecule has 0 spiro atoms. The second kappa shape index (κ2) is 4.60. The summed E-state index contributed by atoms with van der Waals surface area (Å²) in [6.45, 7) is 8.52. The zero-order valence-corrected chi connectivity index (χ0v) is 9.50. The summed E-state index contributed by atoms with van der Waals surface area (Å²) in [5, 5.41) is 3.51. The molecular formula is C11H23N3. The Kier molecular flexibility index (Phi) is 3.42. The highest BCUT2D eigenvalue weighted by atomic mass is 15.2. The summed E-state index contributed by atoms with van der Waals surface area (Å²) in [6, 6.07) is 1.54. The number of rotatable bonds is 1. The number of likely N-dealkylation sites (tertiary alicyclic amines) is 1. The average Bonchev–Trinajstić information content (AvgIpc) is 2.19. The molecular weight excluding hydrogens is 174 g/mol. The standard InChI is InChI=1S/C11H23N3/c1-10-9-14(8-5-12-10)11-3-6-13(2)7-4-11/h10-12H,3-9H2,1-2H3/t10-/m0/s1. The third-order valence-corrected chi connectivity index (χ3v) is 3.60. The van der Waals surface area contributed by atoms with E-state index in [1.807, 2.05) is 0 Å². The molecule has 14 heavy (non-hydrogen) atoms. The second-order valence-electron chi connectivity index (χ2n) is 4.88. The van der Waals surface area contributed by atoms with Crippen molar-refractivity contribution in [3.8, 4) is 0 Å². The first kappa shape index (κ1) is 10.4. The normalized spacial score (nSPS) is 33.4. The van der Waals surface area contributed by atoms with Crippen LogP contribution in [-0.2, 0) is 0 Å². The summed E-state index contributed by atoms with van der Waals surface area (Å²) in [7, 11) is 2.23. The van der Waals surface area contributed by atoms with E-state index in [4.69, 9.17) is 0 Å². The lowest BCUT2D eigenvalue weighted by Crippen LogP contribution is -2.54. The van der Waals surface area contributed by atoms with E-state index in [1.165, 1.54) is 45.6 Å². The van der Waals surface area contributed by atoms with Crippen molar-refractivity contribution < 1.29 is 0 Å². The van der Waals surface area contributed by atoms with E-state index in [-0.39, 0.29) is 0 Å². The summed E-state index contributed by atoms with van der Waals surface area (Å²) in [5.41, 5.74) is 0. The third-order valence-electron chi connectivity index (χ3n) is 3.60. The highest BCUT2D eigenvalue weighted by molar-refractivity contribution is 4.84. The molecule has 2 aliphatic heterocycles. The number of piperazine rings is 1. The zero-order chi connectivity index (χ0) is 9.97.